The number of pyridine rings is 1. The number of nitrogens with zero attached hydrogens (tertiary/aromatic N) is 1. The zero-order valence-corrected chi connectivity index (χ0v) is 10.9. The number of aromatic nitrogens is 1. The van der Waals surface area contributed by atoms with Crippen LogP contribution < -0.4 is 4.74 Å². The van der Waals surface area contributed by atoms with Crippen LogP contribution in [0.4, 0.5) is 0 Å². The highest BCUT2D eigenvalue weighted by Crippen LogP contribution is 2.39. The van der Waals surface area contributed by atoms with Gasteiger partial charge in [0.05, 0.1) is 25.0 Å². The number of ether oxygens (including phenoxy) is 2. The molecule has 2 rings (SSSR count). The molecular formula is C13H15NO4. The fraction of sp³-hybridized carbons (Fsp3) is 0.462. The summed E-state index contributed by atoms with van der Waals surface area (Å²) in [7, 11) is 1.28. The first-order valence-corrected chi connectivity index (χ1v) is 5.64. The molecule has 0 amide bonds. The first-order chi connectivity index (χ1) is 8.36. The molecule has 5 heteroatoms. The number of hydrogen-bond acceptors (Lipinski definition) is 5. The van der Waals surface area contributed by atoms with Crippen molar-refractivity contribution in [1.29, 1.82) is 0 Å². The highest BCUT2D eigenvalue weighted by atomic mass is 16.5. The predicted octanol–water partition coefficient (Wildman–Crippen LogP) is 1.74. The van der Waals surface area contributed by atoms with Crippen LogP contribution in [-0.4, -0.2) is 30.5 Å². The Bertz CT molecular complexity index is 534. The van der Waals surface area contributed by atoms with Crippen molar-refractivity contribution in [1.82, 2.24) is 4.98 Å². The van der Waals surface area contributed by atoms with Gasteiger partial charge in [-0.15, -0.1) is 0 Å². The third-order valence-corrected chi connectivity index (χ3v) is 2.97. The van der Waals surface area contributed by atoms with Gasteiger partial charge in [-0.25, -0.2) is 9.78 Å². The molecule has 96 valence electrons. The SMILES string of the molecule is COC(=O)c1cc(C(C)=O)c2c(n1)C(C)(C)CO2. The van der Waals surface area contributed by atoms with Gasteiger partial charge in [-0.1, -0.05) is 13.8 Å². The van der Waals surface area contributed by atoms with Gasteiger partial charge in [-0.3, -0.25) is 4.79 Å². The molecule has 1 aliphatic heterocycles. The van der Waals surface area contributed by atoms with Crippen LogP contribution in [-0.2, 0) is 10.2 Å². The number of carbonyl (C=O) groups is 2. The number of carbonyl (C=O) groups excluding carboxylic acids is 2. The van der Waals surface area contributed by atoms with Crippen LogP contribution in [0.2, 0.25) is 0 Å². The van der Waals surface area contributed by atoms with Crippen molar-refractivity contribution < 1.29 is 19.1 Å². The lowest BCUT2D eigenvalue weighted by Gasteiger charge is -2.14. The molecule has 0 unspecified atom stereocenters. The smallest absolute Gasteiger partial charge is 0.356 e. The molecular weight excluding hydrogens is 234 g/mol. The van der Waals surface area contributed by atoms with Gasteiger partial charge in [-0.05, 0) is 13.0 Å². The van der Waals surface area contributed by atoms with Crippen molar-refractivity contribution in [2.45, 2.75) is 26.2 Å². The van der Waals surface area contributed by atoms with Gasteiger partial charge < -0.3 is 9.47 Å². The average molecular weight is 249 g/mol. The topological polar surface area (TPSA) is 65.5 Å². The predicted molar refractivity (Wildman–Crippen MR) is 64.1 cm³/mol. The van der Waals surface area contributed by atoms with Crippen molar-refractivity contribution in [3.63, 3.8) is 0 Å². The summed E-state index contributed by atoms with van der Waals surface area (Å²) in [4.78, 5) is 27.4. The Morgan fingerprint density at radius 2 is 2.11 bits per heavy atom. The van der Waals surface area contributed by atoms with Crippen molar-refractivity contribution >= 4 is 11.8 Å². The largest absolute Gasteiger partial charge is 0.490 e. The van der Waals surface area contributed by atoms with E-state index in [0.29, 0.717) is 23.6 Å². The van der Waals surface area contributed by atoms with Gasteiger partial charge >= 0.3 is 5.97 Å². The van der Waals surface area contributed by atoms with Crippen LogP contribution in [0.15, 0.2) is 6.07 Å². The van der Waals surface area contributed by atoms with Gasteiger partial charge in [0.25, 0.3) is 0 Å². The summed E-state index contributed by atoms with van der Waals surface area (Å²) in [6.07, 6.45) is 0. The van der Waals surface area contributed by atoms with Crippen LogP contribution in [0.5, 0.6) is 5.75 Å². The highest BCUT2D eigenvalue weighted by molar-refractivity contribution is 6.00. The molecule has 0 aromatic carbocycles. The molecule has 0 fully saturated rings. The van der Waals surface area contributed by atoms with Crippen molar-refractivity contribution in [3.05, 3.63) is 23.0 Å². The lowest BCUT2D eigenvalue weighted by atomic mass is 9.90. The molecule has 0 spiro atoms. The standard InChI is InChI=1S/C13H15NO4/c1-7(15)8-5-9(12(16)17-4)14-11-10(8)18-6-13(11,2)3/h5H,6H2,1-4H3. The first-order valence-electron chi connectivity index (χ1n) is 5.64. The molecule has 5 nitrogen and oxygen atoms in total. The molecule has 0 bridgehead atoms. The Morgan fingerprint density at radius 3 is 2.67 bits per heavy atom. The molecule has 0 saturated heterocycles. The van der Waals surface area contributed by atoms with E-state index < -0.39 is 5.97 Å². The number of Topliss-reactive ketones (excluding diaryl/α,β-unsaturated/α-hetero) is 1. The number of fused-ring (bicyclic) bond motifs is 1. The van der Waals surface area contributed by atoms with Gasteiger partial charge in [0.1, 0.15) is 5.69 Å². The molecule has 0 N–H and O–H groups in total. The minimum atomic E-state index is -0.553. The van der Waals surface area contributed by atoms with Crippen LogP contribution in [0.25, 0.3) is 0 Å². The van der Waals surface area contributed by atoms with E-state index in [1.165, 1.54) is 20.1 Å². The summed E-state index contributed by atoms with van der Waals surface area (Å²) in [5, 5.41) is 0. The molecule has 0 atom stereocenters. The average Bonchev–Trinajstić information content (AvgIpc) is 2.63. The van der Waals surface area contributed by atoms with Crippen molar-refractivity contribution in [3.8, 4) is 5.75 Å². The molecule has 18 heavy (non-hydrogen) atoms. The van der Waals surface area contributed by atoms with Crippen LogP contribution >= 0.6 is 0 Å². The van der Waals surface area contributed by atoms with Gasteiger partial charge in [0.15, 0.2) is 11.5 Å². The summed E-state index contributed by atoms with van der Waals surface area (Å²) < 4.78 is 10.2. The molecule has 0 radical (unpaired) electrons. The van der Waals surface area contributed by atoms with E-state index >= 15 is 0 Å². The summed E-state index contributed by atoms with van der Waals surface area (Å²) in [5.74, 6) is -0.223. The highest BCUT2D eigenvalue weighted by Gasteiger charge is 2.37. The summed E-state index contributed by atoms with van der Waals surface area (Å²) in [6, 6.07) is 1.42. The van der Waals surface area contributed by atoms with Gasteiger partial charge in [0.2, 0.25) is 0 Å². The molecule has 0 saturated carbocycles. The van der Waals surface area contributed by atoms with E-state index in [4.69, 9.17) is 4.74 Å². The van der Waals surface area contributed by atoms with E-state index in [-0.39, 0.29) is 16.9 Å². The Labute approximate surface area is 105 Å². The summed E-state index contributed by atoms with van der Waals surface area (Å²) in [6.45, 7) is 5.79. The van der Waals surface area contributed by atoms with Crippen LogP contribution in [0.1, 0.15) is 47.3 Å². The Balaban J connectivity index is 2.67. The second kappa shape index (κ2) is 4.08. The number of methoxy groups -OCH3 is 1. The van der Waals surface area contributed by atoms with E-state index in [1.54, 1.807) is 0 Å². The third-order valence-electron chi connectivity index (χ3n) is 2.97. The Hall–Kier alpha value is -1.91. The maximum atomic E-state index is 11.6. The van der Waals surface area contributed by atoms with E-state index in [9.17, 15) is 9.59 Å². The zero-order valence-electron chi connectivity index (χ0n) is 10.9. The third kappa shape index (κ3) is 1.85. The quantitative estimate of drug-likeness (QED) is 0.590. The minimum Gasteiger partial charge on any atom is -0.490 e. The lowest BCUT2D eigenvalue weighted by Crippen LogP contribution is -2.20. The van der Waals surface area contributed by atoms with E-state index in [0.717, 1.165) is 0 Å². The van der Waals surface area contributed by atoms with Gasteiger partial charge in [-0.2, -0.15) is 0 Å². The van der Waals surface area contributed by atoms with E-state index in [1.807, 2.05) is 13.8 Å². The maximum absolute atomic E-state index is 11.6. The maximum Gasteiger partial charge on any atom is 0.356 e. The monoisotopic (exact) mass is 249 g/mol. The summed E-state index contributed by atoms with van der Waals surface area (Å²) >= 11 is 0. The number of hydrogen-bond donors (Lipinski definition) is 0. The van der Waals surface area contributed by atoms with E-state index in [2.05, 4.69) is 9.72 Å². The fourth-order valence-corrected chi connectivity index (χ4v) is 1.93. The zero-order chi connectivity index (χ0) is 13.5. The van der Waals surface area contributed by atoms with Crippen molar-refractivity contribution in [2.24, 2.45) is 0 Å². The minimum absolute atomic E-state index is 0.139. The summed E-state index contributed by atoms with van der Waals surface area (Å²) in [5.41, 5.74) is 0.838. The molecule has 1 aliphatic rings. The lowest BCUT2D eigenvalue weighted by molar-refractivity contribution is 0.0593. The fourth-order valence-electron chi connectivity index (χ4n) is 1.93. The number of esters is 1. The van der Waals surface area contributed by atoms with Crippen LogP contribution in [0, 0.1) is 0 Å². The first kappa shape index (κ1) is 12.5. The Kier molecular flexibility index (Phi) is 2.84. The van der Waals surface area contributed by atoms with Crippen molar-refractivity contribution in [2.75, 3.05) is 13.7 Å². The molecule has 1 aromatic rings. The normalized spacial score (nSPS) is 15.8. The number of ketones is 1. The second-order valence-electron chi connectivity index (χ2n) is 4.95. The molecule has 0 aliphatic carbocycles. The van der Waals surface area contributed by atoms with Gasteiger partial charge in [0, 0.05) is 5.41 Å². The van der Waals surface area contributed by atoms with Crippen LogP contribution in [0.3, 0.4) is 0 Å². The number of rotatable bonds is 2. The molecule has 2 heterocycles. The molecule has 1 aromatic heterocycles. The second-order valence-corrected chi connectivity index (χ2v) is 4.95. The Morgan fingerprint density at radius 1 is 1.44 bits per heavy atom.